The molecule has 1 atom stereocenters. The van der Waals surface area contributed by atoms with E-state index in [1.54, 1.807) is 17.9 Å². The minimum absolute atomic E-state index is 0. The summed E-state index contributed by atoms with van der Waals surface area (Å²) in [5.74, 6) is 0.211. The van der Waals surface area contributed by atoms with Gasteiger partial charge in [-0.2, -0.15) is 0 Å². The van der Waals surface area contributed by atoms with Gasteiger partial charge in [0.05, 0.1) is 0 Å². The van der Waals surface area contributed by atoms with Crippen LogP contribution >= 0.6 is 28.3 Å². The van der Waals surface area contributed by atoms with E-state index in [0.717, 1.165) is 22.8 Å². The number of amides is 1. The Bertz CT molecular complexity index is 821. The van der Waals surface area contributed by atoms with Crippen molar-refractivity contribution in [1.82, 2.24) is 10.2 Å². The molecule has 1 amide bonds. The second-order valence-corrected chi connectivity index (χ2v) is 6.91. The molecule has 1 unspecified atom stereocenters. The predicted octanol–water partition coefficient (Wildman–Crippen LogP) is 2.97. The maximum Gasteiger partial charge on any atom is 0.349 e. The first-order valence-electron chi connectivity index (χ1n) is 7.68. The standard InChI is InChI=1S/C17H19BrN2O3.ClH/c1-10-13-7-12(18)3-4-14(13)23-17(22)15(10)16(21)20-6-5-11(9-20)8-19-2;/h3-4,7,11,19H,5-6,8-9H2,1-2H3;1H. The van der Waals surface area contributed by atoms with Gasteiger partial charge in [0.2, 0.25) is 0 Å². The molecule has 0 saturated carbocycles. The predicted molar refractivity (Wildman–Crippen MR) is 100 cm³/mol. The van der Waals surface area contributed by atoms with Gasteiger partial charge < -0.3 is 14.6 Å². The Labute approximate surface area is 154 Å². The lowest BCUT2D eigenvalue weighted by Gasteiger charge is -2.17. The first-order chi connectivity index (χ1) is 11.0. The zero-order valence-corrected chi connectivity index (χ0v) is 16.0. The number of hydrogen-bond acceptors (Lipinski definition) is 4. The van der Waals surface area contributed by atoms with Crippen LogP contribution < -0.4 is 10.9 Å². The topological polar surface area (TPSA) is 62.6 Å². The molecule has 1 aliphatic heterocycles. The van der Waals surface area contributed by atoms with Gasteiger partial charge in [-0.1, -0.05) is 15.9 Å². The van der Waals surface area contributed by atoms with Crippen LogP contribution in [-0.2, 0) is 0 Å². The molecule has 5 nitrogen and oxygen atoms in total. The van der Waals surface area contributed by atoms with Gasteiger partial charge in [-0.25, -0.2) is 4.79 Å². The number of carbonyl (C=O) groups excluding carboxylic acids is 1. The lowest BCUT2D eigenvalue weighted by Crippen LogP contribution is -2.34. The van der Waals surface area contributed by atoms with Gasteiger partial charge in [-0.05, 0) is 56.6 Å². The molecule has 2 heterocycles. The molecule has 130 valence electrons. The second-order valence-electron chi connectivity index (χ2n) is 5.99. The molecule has 24 heavy (non-hydrogen) atoms. The summed E-state index contributed by atoms with van der Waals surface area (Å²) in [6.07, 6.45) is 0.954. The number of nitrogens with zero attached hydrogens (tertiary/aromatic N) is 1. The van der Waals surface area contributed by atoms with Gasteiger partial charge in [0, 0.05) is 22.9 Å². The Hall–Kier alpha value is -1.37. The number of benzene rings is 1. The van der Waals surface area contributed by atoms with E-state index in [-0.39, 0.29) is 23.9 Å². The summed E-state index contributed by atoms with van der Waals surface area (Å²) >= 11 is 3.42. The van der Waals surface area contributed by atoms with Gasteiger partial charge in [0.15, 0.2) is 0 Å². The Balaban J connectivity index is 0.00000208. The van der Waals surface area contributed by atoms with Gasteiger partial charge in [-0.3, -0.25) is 4.79 Å². The molecule has 1 aromatic heterocycles. The van der Waals surface area contributed by atoms with Gasteiger partial charge >= 0.3 is 5.63 Å². The molecule has 7 heteroatoms. The highest BCUT2D eigenvalue weighted by Crippen LogP contribution is 2.25. The molecule has 3 rings (SSSR count). The van der Waals surface area contributed by atoms with Crippen LogP contribution in [0.5, 0.6) is 0 Å². The smallest absolute Gasteiger partial charge is 0.349 e. The third-order valence-electron chi connectivity index (χ3n) is 4.41. The third kappa shape index (κ3) is 3.50. The number of halogens is 2. The lowest BCUT2D eigenvalue weighted by atomic mass is 10.1. The van der Waals surface area contributed by atoms with Crippen molar-refractivity contribution in [1.29, 1.82) is 0 Å². The Morgan fingerprint density at radius 2 is 2.21 bits per heavy atom. The third-order valence-corrected chi connectivity index (χ3v) is 4.90. The fourth-order valence-corrected chi connectivity index (χ4v) is 3.56. The number of fused-ring (bicyclic) bond motifs is 1. The van der Waals surface area contributed by atoms with Gasteiger partial charge in [-0.15, -0.1) is 12.4 Å². The molecular formula is C17H20BrClN2O3. The van der Waals surface area contributed by atoms with Crippen LogP contribution in [0.3, 0.4) is 0 Å². The molecular weight excluding hydrogens is 396 g/mol. The summed E-state index contributed by atoms with van der Waals surface area (Å²) in [5, 5.41) is 3.92. The number of hydrogen-bond donors (Lipinski definition) is 1. The van der Waals surface area contributed by atoms with E-state index in [4.69, 9.17) is 4.42 Å². The van der Waals surface area contributed by atoms with Crippen molar-refractivity contribution in [2.24, 2.45) is 5.92 Å². The Morgan fingerprint density at radius 3 is 2.92 bits per heavy atom. The van der Waals surface area contributed by atoms with Crippen molar-refractivity contribution >= 4 is 45.2 Å². The molecule has 0 spiro atoms. The molecule has 0 bridgehead atoms. The van der Waals surface area contributed by atoms with E-state index in [9.17, 15) is 9.59 Å². The van der Waals surface area contributed by atoms with Crippen molar-refractivity contribution in [3.8, 4) is 0 Å². The zero-order chi connectivity index (χ0) is 16.6. The molecule has 1 N–H and O–H groups in total. The van der Waals surface area contributed by atoms with E-state index in [1.165, 1.54) is 0 Å². The van der Waals surface area contributed by atoms with Crippen LogP contribution in [0.4, 0.5) is 0 Å². The first kappa shape index (κ1) is 19.0. The van der Waals surface area contributed by atoms with Crippen LogP contribution in [0, 0.1) is 12.8 Å². The van der Waals surface area contributed by atoms with Crippen molar-refractivity contribution in [2.75, 3.05) is 26.7 Å². The molecule has 1 saturated heterocycles. The normalized spacial score (nSPS) is 17.1. The summed E-state index contributed by atoms with van der Waals surface area (Å²) < 4.78 is 6.23. The minimum atomic E-state index is -0.556. The van der Waals surface area contributed by atoms with E-state index < -0.39 is 5.63 Å². The second kappa shape index (κ2) is 7.68. The van der Waals surface area contributed by atoms with E-state index >= 15 is 0 Å². The molecule has 0 aliphatic carbocycles. The van der Waals surface area contributed by atoms with Crippen molar-refractivity contribution in [3.05, 3.63) is 44.2 Å². The molecule has 2 aromatic rings. The summed E-state index contributed by atoms with van der Waals surface area (Å²) in [5.41, 5.74) is 0.779. The molecule has 1 aromatic carbocycles. The lowest BCUT2D eigenvalue weighted by molar-refractivity contribution is 0.0782. The highest BCUT2D eigenvalue weighted by molar-refractivity contribution is 9.10. The average Bonchev–Trinajstić information content (AvgIpc) is 2.97. The number of nitrogens with one attached hydrogen (secondary N) is 1. The molecule has 0 radical (unpaired) electrons. The van der Waals surface area contributed by atoms with Gasteiger partial charge in [0.25, 0.3) is 5.91 Å². The van der Waals surface area contributed by atoms with E-state index in [2.05, 4.69) is 21.2 Å². The maximum absolute atomic E-state index is 12.8. The van der Waals surface area contributed by atoms with Crippen molar-refractivity contribution in [3.63, 3.8) is 0 Å². The van der Waals surface area contributed by atoms with E-state index in [0.29, 0.717) is 30.2 Å². The Morgan fingerprint density at radius 1 is 1.46 bits per heavy atom. The monoisotopic (exact) mass is 414 g/mol. The quantitative estimate of drug-likeness (QED) is 0.783. The Kier molecular flexibility index (Phi) is 6.06. The fourth-order valence-electron chi connectivity index (χ4n) is 3.20. The number of aryl methyl sites for hydroxylation is 1. The van der Waals surface area contributed by atoms with Crippen LogP contribution in [0.2, 0.25) is 0 Å². The summed E-state index contributed by atoms with van der Waals surface area (Å²) in [7, 11) is 1.91. The first-order valence-corrected chi connectivity index (χ1v) is 8.47. The van der Waals surface area contributed by atoms with Crippen LogP contribution in [-0.4, -0.2) is 37.5 Å². The van der Waals surface area contributed by atoms with Crippen LogP contribution in [0.25, 0.3) is 11.0 Å². The number of rotatable bonds is 3. The maximum atomic E-state index is 12.8. The average molecular weight is 416 g/mol. The van der Waals surface area contributed by atoms with Crippen LogP contribution in [0.15, 0.2) is 31.9 Å². The number of likely N-dealkylation sites (tertiary alicyclic amines) is 1. The molecule has 1 fully saturated rings. The summed E-state index contributed by atoms with van der Waals surface area (Å²) in [4.78, 5) is 26.9. The summed E-state index contributed by atoms with van der Waals surface area (Å²) in [6, 6.07) is 5.42. The highest BCUT2D eigenvalue weighted by Gasteiger charge is 2.30. The molecule has 1 aliphatic rings. The minimum Gasteiger partial charge on any atom is -0.422 e. The van der Waals surface area contributed by atoms with Crippen molar-refractivity contribution < 1.29 is 9.21 Å². The van der Waals surface area contributed by atoms with Crippen molar-refractivity contribution in [2.45, 2.75) is 13.3 Å². The zero-order valence-electron chi connectivity index (χ0n) is 13.6. The fraction of sp³-hybridized carbons (Fsp3) is 0.412. The number of carbonyl (C=O) groups is 1. The van der Waals surface area contributed by atoms with Gasteiger partial charge in [0.1, 0.15) is 11.1 Å². The largest absolute Gasteiger partial charge is 0.422 e. The van der Waals surface area contributed by atoms with E-state index in [1.807, 2.05) is 19.2 Å². The van der Waals surface area contributed by atoms with Crippen LogP contribution in [0.1, 0.15) is 22.3 Å². The SMILES string of the molecule is CNCC1CCN(C(=O)c2c(C)c3cc(Br)ccc3oc2=O)C1.Cl. The summed E-state index contributed by atoms with van der Waals surface area (Å²) in [6.45, 7) is 4.04. The highest BCUT2D eigenvalue weighted by atomic mass is 79.9.